The molecule has 9 heavy (non-hydrogen) atoms. The second-order valence-electron chi connectivity index (χ2n) is 3.38. The number of rotatable bonds is 1. The number of alkyl halides is 1. The Bertz CT molecular complexity index is 137. The molecule has 0 radical (unpaired) electrons. The minimum absolute atomic E-state index is 0.244. The van der Waals surface area contributed by atoms with Crippen molar-refractivity contribution in [2.24, 2.45) is 17.6 Å². The maximum Gasteiger partial charge on any atom is 0.126 e. The third-order valence-electron chi connectivity index (χ3n) is 2.86. The second kappa shape index (κ2) is 1.48. The molecule has 0 aromatic carbocycles. The molecule has 2 aliphatic carbocycles. The van der Waals surface area contributed by atoms with Crippen LogP contribution in [0.2, 0.25) is 0 Å². The summed E-state index contributed by atoms with van der Waals surface area (Å²) in [6.45, 7) is 0.244. The third-order valence-corrected chi connectivity index (χ3v) is 2.86. The van der Waals surface area contributed by atoms with Crippen molar-refractivity contribution >= 4 is 0 Å². The number of fused-ring (bicyclic) bond motifs is 1. The van der Waals surface area contributed by atoms with Gasteiger partial charge in [-0.15, -0.1) is 0 Å². The van der Waals surface area contributed by atoms with Gasteiger partial charge in [-0.2, -0.15) is 0 Å². The zero-order valence-corrected chi connectivity index (χ0v) is 5.44. The van der Waals surface area contributed by atoms with Gasteiger partial charge in [0, 0.05) is 6.54 Å². The lowest BCUT2D eigenvalue weighted by Crippen LogP contribution is -2.32. The molecule has 2 N–H and O–H groups in total. The molecule has 0 aliphatic heterocycles. The summed E-state index contributed by atoms with van der Waals surface area (Å²) in [6.07, 6.45) is 2.91. The third kappa shape index (κ3) is 0.627. The summed E-state index contributed by atoms with van der Waals surface area (Å²) < 4.78 is 13.4. The molecule has 3 atom stereocenters. The zero-order valence-electron chi connectivity index (χ0n) is 5.44. The molecule has 0 saturated heterocycles. The molecule has 2 aliphatic rings. The highest BCUT2D eigenvalue weighted by atomic mass is 19.1. The van der Waals surface area contributed by atoms with Gasteiger partial charge in [0.25, 0.3) is 0 Å². The average Bonchev–Trinajstić information content (AvgIpc) is 2.58. The topological polar surface area (TPSA) is 26.0 Å². The smallest absolute Gasteiger partial charge is 0.126 e. The standard InChI is InChI=1S/C7H12FN/c8-7(4-9)2-1-5-3-6(5)7/h5-6H,1-4,9H2. The number of hydrogen-bond donors (Lipinski definition) is 1. The van der Waals surface area contributed by atoms with E-state index in [0.29, 0.717) is 11.8 Å². The van der Waals surface area contributed by atoms with Crippen LogP contribution >= 0.6 is 0 Å². The van der Waals surface area contributed by atoms with Crippen LogP contribution in [0, 0.1) is 11.8 Å². The van der Waals surface area contributed by atoms with Crippen LogP contribution in [0.1, 0.15) is 19.3 Å². The molecule has 2 saturated carbocycles. The molecule has 2 rings (SSSR count). The lowest BCUT2D eigenvalue weighted by molar-refractivity contribution is 0.152. The molecule has 2 heteroatoms. The fourth-order valence-corrected chi connectivity index (χ4v) is 2.06. The largest absolute Gasteiger partial charge is 0.328 e. The van der Waals surface area contributed by atoms with Gasteiger partial charge in [0.1, 0.15) is 5.67 Å². The number of halogens is 1. The molecule has 0 amide bonds. The molecule has 52 valence electrons. The molecule has 0 aromatic heterocycles. The molecule has 0 bridgehead atoms. The van der Waals surface area contributed by atoms with Crippen molar-refractivity contribution in [2.45, 2.75) is 24.9 Å². The maximum atomic E-state index is 13.4. The van der Waals surface area contributed by atoms with Crippen molar-refractivity contribution < 1.29 is 4.39 Å². The Morgan fingerprint density at radius 3 is 2.67 bits per heavy atom. The van der Waals surface area contributed by atoms with E-state index >= 15 is 0 Å². The summed E-state index contributed by atoms with van der Waals surface area (Å²) in [5.74, 6) is 1.06. The minimum Gasteiger partial charge on any atom is -0.328 e. The van der Waals surface area contributed by atoms with Crippen molar-refractivity contribution in [1.29, 1.82) is 0 Å². The molecular formula is C7H12FN. The number of nitrogens with two attached hydrogens (primary N) is 1. The Hall–Kier alpha value is -0.110. The van der Waals surface area contributed by atoms with Crippen LogP contribution in [-0.2, 0) is 0 Å². The van der Waals surface area contributed by atoms with E-state index in [2.05, 4.69) is 0 Å². The first kappa shape index (κ1) is 5.66. The van der Waals surface area contributed by atoms with Crippen LogP contribution in [-0.4, -0.2) is 12.2 Å². The summed E-state index contributed by atoms with van der Waals surface area (Å²) >= 11 is 0. The molecule has 0 heterocycles. The van der Waals surface area contributed by atoms with Gasteiger partial charge in [-0.1, -0.05) is 0 Å². The first-order chi connectivity index (χ1) is 4.26. The maximum absolute atomic E-state index is 13.4. The van der Waals surface area contributed by atoms with Crippen LogP contribution in [0.25, 0.3) is 0 Å². The van der Waals surface area contributed by atoms with Gasteiger partial charge in [-0.25, -0.2) is 4.39 Å². The second-order valence-corrected chi connectivity index (χ2v) is 3.38. The predicted octanol–water partition coefficient (Wildman–Crippen LogP) is 1.08. The van der Waals surface area contributed by atoms with E-state index in [4.69, 9.17) is 5.73 Å². The molecule has 3 unspecified atom stereocenters. The fraction of sp³-hybridized carbons (Fsp3) is 1.00. The molecule has 1 nitrogen and oxygen atoms in total. The Morgan fingerprint density at radius 2 is 2.44 bits per heavy atom. The van der Waals surface area contributed by atoms with E-state index in [1.807, 2.05) is 0 Å². The summed E-state index contributed by atoms with van der Waals surface area (Å²) in [5.41, 5.74) is 4.36. The SMILES string of the molecule is NCC1(F)CCC2CC21. The van der Waals surface area contributed by atoms with E-state index in [0.717, 1.165) is 19.3 Å². The van der Waals surface area contributed by atoms with Crippen molar-refractivity contribution in [3.8, 4) is 0 Å². The lowest BCUT2D eigenvalue weighted by atomic mass is 10.0. The van der Waals surface area contributed by atoms with Crippen LogP contribution < -0.4 is 5.73 Å². The lowest BCUT2D eigenvalue weighted by Gasteiger charge is -2.17. The van der Waals surface area contributed by atoms with Crippen molar-refractivity contribution in [3.63, 3.8) is 0 Å². The summed E-state index contributed by atoms with van der Waals surface area (Å²) in [5, 5.41) is 0. The van der Waals surface area contributed by atoms with Gasteiger partial charge in [0.2, 0.25) is 0 Å². The van der Waals surface area contributed by atoms with Crippen molar-refractivity contribution in [2.75, 3.05) is 6.54 Å². The zero-order chi connectivity index (χ0) is 6.48. The Kier molecular flexibility index (Phi) is 0.933. The Balaban J connectivity index is 2.11. The van der Waals surface area contributed by atoms with Gasteiger partial charge in [-0.3, -0.25) is 0 Å². The van der Waals surface area contributed by atoms with Crippen molar-refractivity contribution in [3.05, 3.63) is 0 Å². The van der Waals surface area contributed by atoms with E-state index in [9.17, 15) is 4.39 Å². The van der Waals surface area contributed by atoms with Crippen LogP contribution in [0.3, 0.4) is 0 Å². The van der Waals surface area contributed by atoms with Gasteiger partial charge >= 0.3 is 0 Å². The van der Waals surface area contributed by atoms with E-state index in [-0.39, 0.29) is 6.54 Å². The van der Waals surface area contributed by atoms with Crippen LogP contribution in [0.5, 0.6) is 0 Å². The summed E-state index contributed by atoms with van der Waals surface area (Å²) in [7, 11) is 0. The van der Waals surface area contributed by atoms with Crippen molar-refractivity contribution in [1.82, 2.24) is 0 Å². The van der Waals surface area contributed by atoms with Gasteiger partial charge in [-0.05, 0) is 31.1 Å². The average molecular weight is 129 g/mol. The van der Waals surface area contributed by atoms with Gasteiger partial charge < -0.3 is 5.73 Å². The quantitative estimate of drug-likeness (QED) is 0.563. The summed E-state index contributed by atoms with van der Waals surface area (Å²) in [6, 6.07) is 0. The minimum atomic E-state index is -0.954. The normalized spacial score (nSPS) is 55.3. The van der Waals surface area contributed by atoms with E-state index in [1.54, 1.807) is 0 Å². The number of hydrogen-bond acceptors (Lipinski definition) is 1. The summed E-state index contributed by atoms with van der Waals surface area (Å²) in [4.78, 5) is 0. The van der Waals surface area contributed by atoms with Crippen LogP contribution in [0.15, 0.2) is 0 Å². The van der Waals surface area contributed by atoms with Crippen LogP contribution in [0.4, 0.5) is 4.39 Å². The fourth-order valence-electron chi connectivity index (χ4n) is 2.06. The van der Waals surface area contributed by atoms with Gasteiger partial charge in [0.15, 0.2) is 0 Å². The Labute approximate surface area is 54.4 Å². The highest BCUT2D eigenvalue weighted by Gasteiger charge is 2.57. The molecule has 0 aromatic rings. The highest BCUT2D eigenvalue weighted by molar-refractivity contribution is 5.08. The first-order valence-electron chi connectivity index (χ1n) is 3.65. The predicted molar refractivity (Wildman–Crippen MR) is 33.7 cm³/mol. The Morgan fingerprint density at radius 1 is 1.67 bits per heavy atom. The first-order valence-corrected chi connectivity index (χ1v) is 3.65. The van der Waals surface area contributed by atoms with E-state index < -0.39 is 5.67 Å². The molecule has 0 spiro atoms. The molecular weight excluding hydrogens is 117 g/mol. The molecule has 2 fully saturated rings. The highest BCUT2D eigenvalue weighted by Crippen LogP contribution is 2.58. The van der Waals surface area contributed by atoms with E-state index in [1.165, 1.54) is 0 Å². The monoisotopic (exact) mass is 129 g/mol. The van der Waals surface area contributed by atoms with Gasteiger partial charge in [0.05, 0.1) is 0 Å².